The molecule has 1 unspecified atom stereocenters. The highest BCUT2D eigenvalue weighted by Crippen LogP contribution is 2.06. The van der Waals surface area contributed by atoms with Crippen LogP contribution in [-0.2, 0) is 4.79 Å². The number of rotatable bonds is 2. The van der Waals surface area contributed by atoms with Crippen LogP contribution in [0.2, 0.25) is 0 Å². The topological polar surface area (TPSA) is 49.3 Å². The molecule has 64 valence electrons. The molecule has 0 bridgehead atoms. The van der Waals surface area contributed by atoms with E-state index in [4.69, 9.17) is 5.11 Å². The second-order valence-electron chi connectivity index (χ2n) is 2.44. The van der Waals surface area contributed by atoms with Gasteiger partial charge in [0.05, 0.1) is 6.42 Å². The lowest BCUT2D eigenvalue weighted by atomic mass is 10.1. The molecule has 2 N–H and O–H groups in total. The minimum Gasteiger partial charge on any atom is -0.481 e. The maximum atomic E-state index is 10.2. The van der Waals surface area contributed by atoms with Gasteiger partial charge in [0.15, 0.2) is 0 Å². The standard InChI is InChI=1S/C7H11NO2.ClH/c9-7(10)5-6-3-1-2-4-8-6;/h2,4,6,8H,1,3,5H2,(H,9,10);1H. The van der Waals surface area contributed by atoms with E-state index >= 15 is 0 Å². The summed E-state index contributed by atoms with van der Waals surface area (Å²) in [6.07, 6.45) is 5.99. The highest BCUT2D eigenvalue weighted by molar-refractivity contribution is 5.85. The normalized spacial score (nSPS) is 21.6. The fourth-order valence-corrected chi connectivity index (χ4v) is 1.04. The predicted octanol–water partition coefficient (Wildman–Crippen LogP) is 1.15. The van der Waals surface area contributed by atoms with Gasteiger partial charge in [0.2, 0.25) is 0 Å². The summed E-state index contributed by atoms with van der Waals surface area (Å²) in [6.45, 7) is 0. The fraction of sp³-hybridized carbons (Fsp3) is 0.571. The van der Waals surface area contributed by atoms with Gasteiger partial charge in [0, 0.05) is 6.04 Å². The van der Waals surface area contributed by atoms with E-state index in [1.54, 1.807) is 0 Å². The molecule has 1 atom stereocenters. The van der Waals surface area contributed by atoms with E-state index in [2.05, 4.69) is 5.32 Å². The minimum absolute atomic E-state index is 0. The fourth-order valence-electron chi connectivity index (χ4n) is 1.04. The molecule has 1 rings (SSSR count). The average Bonchev–Trinajstić information content (AvgIpc) is 1.88. The van der Waals surface area contributed by atoms with Crippen LogP contribution in [0.3, 0.4) is 0 Å². The number of hydrogen-bond donors (Lipinski definition) is 2. The van der Waals surface area contributed by atoms with Gasteiger partial charge in [-0.1, -0.05) is 6.08 Å². The molecule has 0 radical (unpaired) electrons. The third-order valence-corrected chi connectivity index (χ3v) is 1.55. The second-order valence-corrected chi connectivity index (χ2v) is 2.44. The number of halogens is 1. The largest absolute Gasteiger partial charge is 0.481 e. The Morgan fingerprint density at radius 1 is 1.73 bits per heavy atom. The lowest BCUT2D eigenvalue weighted by molar-refractivity contribution is -0.137. The quantitative estimate of drug-likeness (QED) is 0.666. The predicted molar refractivity (Wildman–Crippen MR) is 44.8 cm³/mol. The highest BCUT2D eigenvalue weighted by atomic mass is 35.5. The third kappa shape index (κ3) is 3.88. The van der Waals surface area contributed by atoms with Crippen molar-refractivity contribution in [1.82, 2.24) is 5.32 Å². The summed E-state index contributed by atoms with van der Waals surface area (Å²) in [5.41, 5.74) is 0. The molecule has 11 heavy (non-hydrogen) atoms. The van der Waals surface area contributed by atoms with Crippen molar-refractivity contribution in [3.63, 3.8) is 0 Å². The number of nitrogens with one attached hydrogen (secondary N) is 1. The molecular weight excluding hydrogens is 166 g/mol. The summed E-state index contributed by atoms with van der Waals surface area (Å²) < 4.78 is 0. The zero-order valence-electron chi connectivity index (χ0n) is 6.12. The molecule has 0 aliphatic carbocycles. The Balaban J connectivity index is 0.000001000. The summed E-state index contributed by atoms with van der Waals surface area (Å²) in [6, 6.07) is 0.141. The molecule has 1 aliphatic rings. The molecule has 0 spiro atoms. The van der Waals surface area contributed by atoms with Crippen LogP contribution in [0.5, 0.6) is 0 Å². The van der Waals surface area contributed by atoms with Crippen molar-refractivity contribution in [1.29, 1.82) is 0 Å². The zero-order chi connectivity index (χ0) is 7.40. The van der Waals surface area contributed by atoms with Gasteiger partial charge in [0.1, 0.15) is 0 Å². The van der Waals surface area contributed by atoms with E-state index < -0.39 is 5.97 Å². The number of carboxylic acid groups (broad SMARTS) is 1. The Kier molecular flexibility index (Phi) is 4.70. The van der Waals surface area contributed by atoms with E-state index in [1.807, 2.05) is 12.3 Å². The summed E-state index contributed by atoms with van der Waals surface area (Å²) in [5.74, 6) is -0.729. The van der Waals surface area contributed by atoms with Gasteiger partial charge < -0.3 is 10.4 Å². The van der Waals surface area contributed by atoms with Crippen molar-refractivity contribution >= 4 is 18.4 Å². The molecule has 1 aliphatic heterocycles. The van der Waals surface area contributed by atoms with Crippen LogP contribution in [0.1, 0.15) is 19.3 Å². The molecule has 4 heteroatoms. The summed E-state index contributed by atoms with van der Waals surface area (Å²) in [5, 5.41) is 11.4. The van der Waals surface area contributed by atoms with Gasteiger partial charge in [-0.25, -0.2) is 0 Å². The van der Waals surface area contributed by atoms with E-state index in [-0.39, 0.29) is 24.9 Å². The van der Waals surface area contributed by atoms with Crippen LogP contribution in [0.25, 0.3) is 0 Å². The average molecular weight is 178 g/mol. The van der Waals surface area contributed by atoms with Gasteiger partial charge in [0.25, 0.3) is 0 Å². The lowest BCUT2D eigenvalue weighted by Gasteiger charge is -2.17. The monoisotopic (exact) mass is 177 g/mol. The molecular formula is C7H12ClNO2. The Morgan fingerprint density at radius 3 is 2.91 bits per heavy atom. The van der Waals surface area contributed by atoms with Crippen LogP contribution in [-0.4, -0.2) is 17.1 Å². The molecule has 0 aromatic carbocycles. The first-order valence-electron chi connectivity index (χ1n) is 3.42. The number of allylic oxidation sites excluding steroid dienone is 1. The van der Waals surface area contributed by atoms with Crippen LogP contribution in [0.15, 0.2) is 12.3 Å². The van der Waals surface area contributed by atoms with Gasteiger partial charge in [-0.3, -0.25) is 4.79 Å². The maximum absolute atomic E-state index is 10.2. The highest BCUT2D eigenvalue weighted by Gasteiger charge is 2.11. The molecule has 1 heterocycles. The summed E-state index contributed by atoms with van der Waals surface area (Å²) in [7, 11) is 0. The van der Waals surface area contributed by atoms with Crippen molar-refractivity contribution in [3.05, 3.63) is 12.3 Å². The van der Waals surface area contributed by atoms with Gasteiger partial charge in [-0.2, -0.15) is 0 Å². The SMILES string of the molecule is Cl.O=C(O)CC1CCC=CN1. The Hall–Kier alpha value is -0.700. The van der Waals surface area contributed by atoms with Crippen LogP contribution in [0.4, 0.5) is 0 Å². The van der Waals surface area contributed by atoms with E-state index in [1.165, 1.54) is 0 Å². The Morgan fingerprint density at radius 2 is 2.45 bits per heavy atom. The van der Waals surface area contributed by atoms with Crippen LogP contribution < -0.4 is 5.32 Å². The first-order chi connectivity index (χ1) is 4.79. The van der Waals surface area contributed by atoms with E-state index in [9.17, 15) is 4.79 Å². The maximum Gasteiger partial charge on any atom is 0.305 e. The van der Waals surface area contributed by atoms with Crippen LogP contribution in [0, 0.1) is 0 Å². The minimum atomic E-state index is -0.729. The molecule has 0 fully saturated rings. The van der Waals surface area contributed by atoms with E-state index in [0.717, 1.165) is 12.8 Å². The third-order valence-electron chi connectivity index (χ3n) is 1.55. The number of carbonyl (C=O) groups is 1. The number of carboxylic acids is 1. The molecule has 3 nitrogen and oxygen atoms in total. The van der Waals surface area contributed by atoms with Gasteiger partial charge >= 0.3 is 5.97 Å². The number of aliphatic carboxylic acids is 1. The first-order valence-corrected chi connectivity index (χ1v) is 3.42. The summed E-state index contributed by atoms with van der Waals surface area (Å²) >= 11 is 0. The van der Waals surface area contributed by atoms with Crippen molar-refractivity contribution in [2.75, 3.05) is 0 Å². The smallest absolute Gasteiger partial charge is 0.305 e. The van der Waals surface area contributed by atoms with Gasteiger partial charge in [-0.15, -0.1) is 12.4 Å². The van der Waals surface area contributed by atoms with Crippen molar-refractivity contribution in [2.24, 2.45) is 0 Å². The first kappa shape index (κ1) is 10.3. The molecule has 0 saturated carbocycles. The van der Waals surface area contributed by atoms with E-state index in [0.29, 0.717) is 0 Å². The molecule has 0 amide bonds. The Labute approximate surface area is 71.9 Å². The molecule has 0 aromatic rings. The van der Waals surface area contributed by atoms with Gasteiger partial charge in [-0.05, 0) is 19.0 Å². The summed E-state index contributed by atoms with van der Waals surface area (Å²) in [4.78, 5) is 10.2. The molecule has 0 aromatic heterocycles. The van der Waals surface area contributed by atoms with Crippen LogP contribution >= 0.6 is 12.4 Å². The number of hydrogen-bond acceptors (Lipinski definition) is 2. The zero-order valence-corrected chi connectivity index (χ0v) is 6.93. The Bertz CT molecular complexity index is 159. The van der Waals surface area contributed by atoms with Crippen molar-refractivity contribution in [3.8, 4) is 0 Å². The second kappa shape index (κ2) is 5.02. The lowest BCUT2D eigenvalue weighted by Crippen LogP contribution is -2.29. The van der Waals surface area contributed by atoms with Crippen molar-refractivity contribution in [2.45, 2.75) is 25.3 Å². The van der Waals surface area contributed by atoms with Crippen molar-refractivity contribution < 1.29 is 9.90 Å². The molecule has 0 saturated heterocycles.